The molecule has 1 N–H and O–H groups in total. The van der Waals surface area contributed by atoms with Crippen LogP contribution < -0.4 is 5.32 Å². The molecule has 1 aromatic rings. The average molecular weight is 246 g/mol. The molecule has 0 amide bonds. The number of rotatable bonds is 6. The van der Waals surface area contributed by atoms with E-state index in [0.29, 0.717) is 5.54 Å². The summed E-state index contributed by atoms with van der Waals surface area (Å²) in [6.45, 7) is 5.83. The number of nitrogens with one attached hydrogen (secondary N) is 1. The first-order chi connectivity index (χ1) is 8.74. The molecule has 1 aliphatic heterocycles. The maximum absolute atomic E-state index is 3.71. The number of benzene rings is 1. The molecule has 1 saturated heterocycles. The normalized spacial score (nSPS) is 23.7. The Labute approximate surface area is 111 Å². The second-order valence-electron chi connectivity index (χ2n) is 5.64. The second kappa shape index (κ2) is 6.35. The molecule has 2 nitrogen and oxygen atoms in total. The van der Waals surface area contributed by atoms with Crippen molar-refractivity contribution in [3.05, 3.63) is 35.9 Å². The van der Waals surface area contributed by atoms with E-state index in [4.69, 9.17) is 0 Å². The molecule has 1 aliphatic rings. The van der Waals surface area contributed by atoms with Gasteiger partial charge in [0, 0.05) is 18.6 Å². The van der Waals surface area contributed by atoms with Crippen molar-refractivity contribution in [2.75, 3.05) is 26.7 Å². The molecule has 0 aliphatic carbocycles. The van der Waals surface area contributed by atoms with Crippen molar-refractivity contribution in [3.63, 3.8) is 0 Å². The number of likely N-dealkylation sites (N-methyl/N-ethyl adjacent to an activating group) is 1. The van der Waals surface area contributed by atoms with Crippen molar-refractivity contribution < 1.29 is 0 Å². The van der Waals surface area contributed by atoms with Gasteiger partial charge in [-0.15, -0.1) is 0 Å². The summed E-state index contributed by atoms with van der Waals surface area (Å²) in [6, 6.07) is 10.8. The Hall–Kier alpha value is -0.860. The fourth-order valence-electron chi connectivity index (χ4n) is 2.98. The van der Waals surface area contributed by atoms with Gasteiger partial charge in [0.2, 0.25) is 0 Å². The van der Waals surface area contributed by atoms with Gasteiger partial charge in [-0.1, -0.05) is 37.3 Å². The summed E-state index contributed by atoms with van der Waals surface area (Å²) < 4.78 is 0. The maximum Gasteiger partial charge on any atom is 0.0306 e. The summed E-state index contributed by atoms with van der Waals surface area (Å²) >= 11 is 0. The van der Waals surface area contributed by atoms with Gasteiger partial charge in [-0.05, 0) is 44.8 Å². The SMILES string of the molecule is CCC1(CN(C)CCc2ccccc2)CCCN1. The summed E-state index contributed by atoms with van der Waals surface area (Å²) in [7, 11) is 2.25. The van der Waals surface area contributed by atoms with Gasteiger partial charge >= 0.3 is 0 Å². The number of hydrogen-bond donors (Lipinski definition) is 1. The zero-order chi connectivity index (χ0) is 12.8. The van der Waals surface area contributed by atoms with Crippen LogP contribution in [0.25, 0.3) is 0 Å². The minimum atomic E-state index is 0.380. The molecule has 1 aromatic carbocycles. The average Bonchev–Trinajstić information content (AvgIpc) is 2.87. The Kier molecular flexibility index (Phi) is 4.79. The zero-order valence-corrected chi connectivity index (χ0v) is 11.8. The summed E-state index contributed by atoms with van der Waals surface area (Å²) in [5, 5.41) is 3.71. The Morgan fingerprint density at radius 1 is 1.28 bits per heavy atom. The first kappa shape index (κ1) is 13.6. The van der Waals surface area contributed by atoms with E-state index in [1.807, 2.05) is 0 Å². The highest BCUT2D eigenvalue weighted by Gasteiger charge is 2.32. The highest BCUT2D eigenvalue weighted by atomic mass is 15.2. The van der Waals surface area contributed by atoms with Crippen molar-refractivity contribution in [3.8, 4) is 0 Å². The molecule has 1 unspecified atom stereocenters. The second-order valence-corrected chi connectivity index (χ2v) is 5.64. The Bertz CT molecular complexity index is 341. The lowest BCUT2D eigenvalue weighted by molar-refractivity contribution is 0.221. The van der Waals surface area contributed by atoms with E-state index in [2.05, 4.69) is 54.5 Å². The quantitative estimate of drug-likeness (QED) is 0.830. The predicted octanol–water partition coefficient (Wildman–Crippen LogP) is 2.69. The lowest BCUT2D eigenvalue weighted by Crippen LogP contribution is -2.48. The minimum Gasteiger partial charge on any atom is -0.310 e. The van der Waals surface area contributed by atoms with E-state index in [1.165, 1.54) is 37.9 Å². The smallest absolute Gasteiger partial charge is 0.0306 e. The van der Waals surface area contributed by atoms with E-state index >= 15 is 0 Å². The van der Waals surface area contributed by atoms with Crippen molar-refractivity contribution >= 4 is 0 Å². The van der Waals surface area contributed by atoms with Crippen molar-refractivity contribution in [1.82, 2.24) is 10.2 Å². The van der Waals surface area contributed by atoms with Crippen LogP contribution in [0.5, 0.6) is 0 Å². The van der Waals surface area contributed by atoms with Gasteiger partial charge in [-0.25, -0.2) is 0 Å². The fourth-order valence-corrected chi connectivity index (χ4v) is 2.98. The Balaban J connectivity index is 1.79. The highest BCUT2D eigenvalue weighted by Crippen LogP contribution is 2.23. The highest BCUT2D eigenvalue weighted by molar-refractivity contribution is 5.14. The topological polar surface area (TPSA) is 15.3 Å². The molecule has 1 heterocycles. The molecule has 0 bridgehead atoms. The number of nitrogens with zero attached hydrogens (tertiary/aromatic N) is 1. The first-order valence-electron chi connectivity index (χ1n) is 7.22. The molecule has 1 fully saturated rings. The van der Waals surface area contributed by atoms with Gasteiger partial charge in [-0.2, -0.15) is 0 Å². The third-order valence-electron chi connectivity index (χ3n) is 4.21. The van der Waals surface area contributed by atoms with E-state index in [1.54, 1.807) is 0 Å². The van der Waals surface area contributed by atoms with Gasteiger partial charge in [-0.3, -0.25) is 0 Å². The van der Waals surface area contributed by atoms with E-state index in [9.17, 15) is 0 Å². The predicted molar refractivity (Wildman–Crippen MR) is 77.9 cm³/mol. The summed E-state index contributed by atoms with van der Waals surface area (Å²) in [4.78, 5) is 2.48. The molecular formula is C16H26N2. The molecule has 18 heavy (non-hydrogen) atoms. The van der Waals surface area contributed by atoms with Gasteiger partial charge in [0.25, 0.3) is 0 Å². The van der Waals surface area contributed by atoms with E-state index in [0.717, 1.165) is 13.0 Å². The molecule has 0 radical (unpaired) electrons. The number of hydrogen-bond acceptors (Lipinski definition) is 2. The van der Waals surface area contributed by atoms with Crippen LogP contribution in [0.2, 0.25) is 0 Å². The Morgan fingerprint density at radius 2 is 2.06 bits per heavy atom. The largest absolute Gasteiger partial charge is 0.310 e. The van der Waals surface area contributed by atoms with Crippen LogP contribution in [-0.2, 0) is 6.42 Å². The Morgan fingerprint density at radius 3 is 2.67 bits per heavy atom. The molecule has 0 aromatic heterocycles. The standard InChI is InChI=1S/C16H26N2/c1-3-16(11-7-12-17-16)14-18(2)13-10-15-8-5-4-6-9-15/h4-6,8-9,17H,3,7,10-14H2,1-2H3. The third-order valence-corrected chi connectivity index (χ3v) is 4.21. The van der Waals surface area contributed by atoms with Crippen LogP contribution in [0.4, 0.5) is 0 Å². The first-order valence-corrected chi connectivity index (χ1v) is 7.22. The molecule has 2 rings (SSSR count). The van der Waals surface area contributed by atoms with Crippen LogP contribution in [0, 0.1) is 0 Å². The molecular weight excluding hydrogens is 220 g/mol. The van der Waals surface area contributed by atoms with E-state index < -0.39 is 0 Å². The van der Waals surface area contributed by atoms with Crippen molar-refractivity contribution in [1.29, 1.82) is 0 Å². The van der Waals surface area contributed by atoms with Crippen LogP contribution >= 0.6 is 0 Å². The van der Waals surface area contributed by atoms with E-state index in [-0.39, 0.29) is 0 Å². The molecule has 1 atom stereocenters. The zero-order valence-electron chi connectivity index (χ0n) is 11.8. The van der Waals surface area contributed by atoms with Crippen molar-refractivity contribution in [2.45, 2.75) is 38.1 Å². The molecule has 0 saturated carbocycles. The maximum atomic E-state index is 3.71. The van der Waals surface area contributed by atoms with Crippen LogP contribution in [0.15, 0.2) is 30.3 Å². The van der Waals surface area contributed by atoms with Gasteiger partial charge in [0.15, 0.2) is 0 Å². The van der Waals surface area contributed by atoms with Crippen LogP contribution in [0.1, 0.15) is 31.7 Å². The third kappa shape index (κ3) is 3.56. The minimum absolute atomic E-state index is 0.380. The molecule has 100 valence electrons. The summed E-state index contributed by atoms with van der Waals surface area (Å²) in [5.41, 5.74) is 1.82. The molecule has 2 heteroatoms. The van der Waals surface area contributed by atoms with Crippen molar-refractivity contribution in [2.24, 2.45) is 0 Å². The summed E-state index contributed by atoms with van der Waals surface area (Å²) in [6.07, 6.45) is 5.05. The monoisotopic (exact) mass is 246 g/mol. The fraction of sp³-hybridized carbons (Fsp3) is 0.625. The van der Waals surface area contributed by atoms with Gasteiger partial charge in [0.05, 0.1) is 0 Å². The van der Waals surface area contributed by atoms with Gasteiger partial charge < -0.3 is 10.2 Å². The molecule has 0 spiro atoms. The lowest BCUT2D eigenvalue weighted by atomic mass is 9.93. The lowest BCUT2D eigenvalue weighted by Gasteiger charge is -2.33. The van der Waals surface area contributed by atoms with Crippen LogP contribution in [-0.4, -0.2) is 37.1 Å². The van der Waals surface area contributed by atoms with Gasteiger partial charge in [0.1, 0.15) is 0 Å². The summed E-state index contributed by atoms with van der Waals surface area (Å²) in [5.74, 6) is 0. The van der Waals surface area contributed by atoms with Crippen LogP contribution in [0.3, 0.4) is 0 Å².